The van der Waals surface area contributed by atoms with Crippen LogP contribution in [0.25, 0.3) is 10.9 Å². The number of nitrogens with zero attached hydrogens (tertiary/aromatic N) is 1. The molecule has 0 saturated heterocycles. The molecule has 1 aromatic heterocycles. The van der Waals surface area contributed by atoms with Gasteiger partial charge in [0.2, 0.25) is 5.91 Å². The van der Waals surface area contributed by atoms with E-state index in [2.05, 4.69) is 29.0 Å². The van der Waals surface area contributed by atoms with Crippen LogP contribution in [0, 0.1) is 6.92 Å². The standard InChI is InChI=1S/C20H23N3O2/c1-13(15-7-5-4-6-8-15)23-14(2)17(12-20(24)22-21)18-11-16(25-3)9-10-19(18)23/h4-11,13H,12,21H2,1-3H3,(H,22,24). The molecule has 25 heavy (non-hydrogen) atoms. The van der Waals surface area contributed by atoms with Crippen LogP contribution in [0.3, 0.4) is 0 Å². The quantitative estimate of drug-likeness (QED) is 0.427. The Balaban J connectivity index is 2.21. The minimum atomic E-state index is -0.211. The minimum absolute atomic E-state index is 0.145. The van der Waals surface area contributed by atoms with Crippen molar-refractivity contribution in [3.8, 4) is 5.75 Å². The van der Waals surface area contributed by atoms with Gasteiger partial charge in [-0.05, 0) is 43.2 Å². The number of carbonyl (C=O) groups excluding carboxylic acids is 1. The van der Waals surface area contributed by atoms with E-state index in [1.165, 1.54) is 5.56 Å². The Labute approximate surface area is 147 Å². The highest BCUT2D eigenvalue weighted by atomic mass is 16.5. The maximum Gasteiger partial charge on any atom is 0.238 e. The number of carbonyl (C=O) groups is 1. The molecule has 2 aromatic carbocycles. The summed E-state index contributed by atoms with van der Waals surface area (Å²) in [6.45, 7) is 4.21. The van der Waals surface area contributed by atoms with Gasteiger partial charge < -0.3 is 9.30 Å². The molecule has 5 heteroatoms. The number of nitrogens with one attached hydrogen (secondary N) is 1. The lowest BCUT2D eigenvalue weighted by atomic mass is 10.1. The van der Waals surface area contributed by atoms with Crippen LogP contribution in [-0.4, -0.2) is 17.6 Å². The largest absolute Gasteiger partial charge is 0.497 e. The first-order valence-electron chi connectivity index (χ1n) is 8.28. The van der Waals surface area contributed by atoms with Crippen molar-refractivity contribution in [1.29, 1.82) is 0 Å². The highest BCUT2D eigenvalue weighted by molar-refractivity contribution is 5.91. The lowest BCUT2D eigenvalue weighted by Gasteiger charge is -2.18. The molecule has 0 aliphatic carbocycles. The van der Waals surface area contributed by atoms with Gasteiger partial charge in [-0.3, -0.25) is 10.2 Å². The molecule has 0 bridgehead atoms. The van der Waals surface area contributed by atoms with E-state index in [1.54, 1.807) is 7.11 Å². The van der Waals surface area contributed by atoms with Crippen LogP contribution in [0.15, 0.2) is 48.5 Å². The first-order valence-corrected chi connectivity index (χ1v) is 8.28. The van der Waals surface area contributed by atoms with E-state index >= 15 is 0 Å². The number of methoxy groups -OCH3 is 1. The van der Waals surface area contributed by atoms with Crippen LogP contribution in [-0.2, 0) is 11.2 Å². The smallest absolute Gasteiger partial charge is 0.238 e. The Morgan fingerprint density at radius 2 is 1.96 bits per heavy atom. The van der Waals surface area contributed by atoms with Crippen molar-refractivity contribution in [2.24, 2.45) is 5.84 Å². The number of nitrogens with two attached hydrogens (primary N) is 1. The molecule has 0 spiro atoms. The van der Waals surface area contributed by atoms with E-state index in [0.717, 1.165) is 27.9 Å². The summed E-state index contributed by atoms with van der Waals surface area (Å²) < 4.78 is 7.64. The number of fused-ring (bicyclic) bond motifs is 1. The number of benzene rings is 2. The highest BCUT2D eigenvalue weighted by Gasteiger charge is 2.20. The van der Waals surface area contributed by atoms with Gasteiger partial charge in [0.15, 0.2) is 0 Å². The van der Waals surface area contributed by atoms with Crippen molar-refractivity contribution in [1.82, 2.24) is 9.99 Å². The summed E-state index contributed by atoms with van der Waals surface area (Å²) in [5.41, 5.74) is 6.55. The second-order valence-corrected chi connectivity index (χ2v) is 6.15. The van der Waals surface area contributed by atoms with E-state index in [0.29, 0.717) is 0 Å². The Morgan fingerprint density at radius 3 is 2.60 bits per heavy atom. The zero-order chi connectivity index (χ0) is 18.0. The monoisotopic (exact) mass is 337 g/mol. The Morgan fingerprint density at radius 1 is 1.24 bits per heavy atom. The Hall–Kier alpha value is -2.79. The average Bonchev–Trinajstić information content (AvgIpc) is 2.92. The second-order valence-electron chi connectivity index (χ2n) is 6.15. The summed E-state index contributed by atoms with van der Waals surface area (Å²) in [6, 6.07) is 16.4. The van der Waals surface area contributed by atoms with Crippen molar-refractivity contribution < 1.29 is 9.53 Å². The minimum Gasteiger partial charge on any atom is -0.497 e. The van der Waals surface area contributed by atoms with Crippen LogP contribution < -0.4 is 16.0 Å². The van der Waals surface area contributed by atoms with Gasteiger partial charge in [0.25, 0.3) is 0 Å². The van der Waals surface area contributed by atoms with Crippen LogP contribution in [0.4, 0.5) is 0 Å². The molecule has 1 unspecified atom stereocenters. The molecule has 0 radical (unpaired) electrons. The van der Waals surface area contributed by atoms with Crippen LogP contribution in [0.2, 0.25) is 0 Å². The van der Waals surface area contributed by atoms with Gasteiger partial charge in [0.05, 0.1) is 19.6 Å². The first-order chi connectivity index (χ1) is 12.1. The zero-order valence-corrected chi connectivity index (χ0v) is 14.7. The highest BCUT2D eigenvalue weighted by Crippen LogP contribution is 2.34. The average molecular weight is 337 g/mol. The van der Waals surface area contributed by atoms with Gasteiger partial charge in [0, 0.05) is 16.6 Å². The van der Waals surface area contributed by atoms with Gasteiger partial charge in [-0.25, -0.2) is 5.84 Å². The van der Waals surface area contributed by atoms with Crippen molar-refractivity contribution in [2.45, 2.75) is 26.3 Å². The summed E-state index contributed by atoms with van der Waals surface area (Å²) in [7, 11) is 1.64. The number of ether oxygens (including phenoxy) is 1. The molecular formula is C20H23N3O2. The van der Waals surface area contributed by atoms with E-state index in [9.17, 15) is 4.79 Å². The topological polar surface area (TPSA) is 69.3 Å². The molecule has 1 heterocycles. The normalized spacial score (nSPS) is 12.2. The van der Waals surface area contributed by atoms with E-state index < -0.39 is 0 Å². The number of hydrogen-bond donors (Lipinski definition) is 2. The lowest BCUT2D eigenvalue weighted by molar-refractivity contribution is -0.120. The molecule has 5 nitrogen and oxygen atoms in total. The number of aromatic nitrogens is 1. The van der Waals surface area contributed by atoms with Crippen molar-refractivity contribution in [2.75, 3.05) is 7.11 Å². The van der Waals surface area contributed by atoms with Crippen molar-refractivity contribution >= 4 is 16.8 Å². The summed E-state index contributed by atoms with van der Waals surface area (Å²) in [4.78, 5) is 11.9. The predicted molar refractivity (Wildman–Crippen MR) is 99.5 cm³/mol. The number of rotatable bonds is 5. The number of hydrogen-bond acceptors (Lipinski definition) is 3. The number of hydrazine groups is 1. The summed E-state index contributed by atoms with van der Waals surface area (Å²) in [5, 5.41) is 1.02. The maximum absolute atomic E-state index is 11.9. The molecule has 3 N–H and O–H groups in total. The molecule has 130 valence electrons. The zero-order valence-electron chi connectivity index (χ0n) is 14.7. The maximum atomic E-state index is 11.9. The Bertz CT molecular complexity index is 900. The van der Waals surface area contributed by atoms with E-state index in [4.69, 9.17) is 10.6 Å². The third kappa shape index (κ3) is 3.10. The van der Waals surface area contributed by atoms with E-state index in [1.807, 2.05) is 43.3 Å². The molecule has 0 saturated carbocycles. The van der Waals surface area contributed by atoms with Gasteiger partial charge >= 0.3 is 0 Å². The molecule has 1 atom stereocenters. The van der Waals surface area contributed by atoms with Crippen LogP contribution in [0.1, 0.15) is 29.8 Å². The van der Waals surface area contributed by atoms with Crippen molar-refractivity contribution in [3.63, 3.8) is 0 Å². The predicted octanol–water partition coefficient (Wildman–Crippen LogP) is 3.10. The van der Waals surface area contributed by atoms with E-state index in [-0.39, 0.29) is 18.4 Å². The molecule has 3 rings (SSSR count). The SMILES string of the molecule is COc1ccc2c(c1)c(CC(=O)NN)c(C)n2C(C)c1ccccc1. The second kappa shape index (κ2) is 6.99. The van der Waals surface area contributed by atoms with Gasteiger partial charge in [0.1, 0.15) is 5.75 Å². The fourth-order valence-electron chi connectivity index (χ4n) is 3.43. The molecular weight excluding hydrogens is 314 g/mol. The molecule has 0 aliphatic rings. The molecule has 3 aromatic rings. The summed E-state index contributed by atoms with van der Waals surface area (Å²) in [5.74, 6) is 5.86. The summed E-state index contributed by atoms with van der Waals surface area (Å²) in [6.07, 6.45) is 0.237. The third-order valence-electron chi connectivity index (χ3n) is 4.75. The van der Waals surface area contributed by atoms with Crippen LogP contribution >= 0.6 is 0 Å². The Kier molecular flexibility index (Phi) is 4.76. The first kappa shape index (κ1) is 17.0. The lowest BCUT2D eigenvalue weighted by Crippen LogP contribution is -2.31. The fourth-order valence-corrected chi connectivity index (χ4v) is 3.43. The molecule has 0 aliphatic heterocycles. The molecule has 0 fully saturated rings. The van der Waals surface area contributed by atoms with Gasteiger partial charge in [-0.15, -0.1) is 0 Å². The van der Waals surface area contributed by atoms with Gasteiger partial charge in [-0.2, -0.15) is 0 Å². The van der Waals surface area contributed by atoms with Crippen molar-refractivity contribution in [3.05, 3.63) is 65.4 Å². The molecule has 1 amide bonds. The summed E-state index contributed by atoms with van der Waals surface area (Å²) >= 11 is 0. The third-order valence-corrected chi connectivity index (χ3v) is 4.75. The fraction of sp³-hybridized carbons (Fsp3) is 0.250. The van der Waals surface area contributed by atoms with Crippen LogP contribution in [0.5, 0.6) is 5.75 Å². The number of amides is 1. The van der Waals surface area contributed by atoms with Gasteiger partial charge in [-0.1, -0.05) is 30.3 Å².